The summed E-state index contributed by atoms with van der Waals surface area (Å²) < 4.78 is 9.99. The van der Waals surface area contributed by atoms with Crippen molar-refractivity contribution in [1.29, 1.82) is 0 Å². The molecule has 2 N–H and O–H groups in total. The molecule has 0 heterocycles. The maximum absolute atomic E-state index is 12.3. The number of ether oxygens (including phenoxy) is 2. The summed E-state index contributed by atoms with van der Waals surface area (Å²) in [6.45, 7) is 5.52. The summed E-state index contributed by atoms with van der Waals surface area (Å²) in [4.78, 5) is 35.6. The summed E-state index contributed by atoms with van der Waals surface area (Å²) in [7, 11) is 1.36. The first kappa shape index (κ1) is 24.3. The van der Waals surface area contributed by atoms with Crippen molar-refractivity contribution in [2.75, 3.05) is 12.4 Å². The predicted molar refractivity (Wildman–Crippen MR) is 126 cm³/mol. The third-order valence-electron chi connectivity index (χ3n) is 5.36. The number of carbonyl (C=O) groups excluding carboxylic acids is 3. The van der Waals surface area contributed by atoms with Crippen LogP contribution in [0.2, 0.25) is 0 Å². The lowest BCUT2D eigenvalue weighted by atomic mass is 10.1. The Hall–Kier alpha value is -3.35. The van der Waals surface area contributed by atoms with Crippen LogP contribution in [0.25, 0.3) is 0 Å². The third-order valence-corrected chi connectivity index (χ3v) is 5.36. The summed E-state index contributed by atoms with van der Waals surface area (Å²) in [5.74, 6) is -0.124. The van der Waals surface area contributed by atoms with Gasteiger partial charge in [-0.2, -0.15) is 0 Å². The number of rotatable bonds is 8. The zero-order valence-corrected chi connectivity index (χ0v) is 19.6. The summed E-state index contributed by atoms with van der Waals surface area (Å²) >= 11 is 0. The first-order chi connectivity index (χ1) is 15.6. The Morgan fingerprint density at radius 3 is 2.27 bits per heavy atom. The maximum atomic E-state index is 12.3. The number of esters is 1. The second-order valence-electron chi connectivity index (χ2n) is 9.31. The van der Waals surface area contributed by atoms with Crippen LogP contribution < -0.4 is 10.6 Å². The van der Waals surface area contributed by atoms with E-state index in [1.807, 2.05) is 57.2 Å². The van der Waals surface area contributed by atoms with E-state index < -0.39 is 11.7 Å². The fraction of sp³-hybridized carbons (Fsp3) is 0.423. The summed E-state index contributed by atoms with van der Waals surface area (Å²) in [5.41, 5.74) is 2.95. The van der Waals surface area contributed by atoms with Gasteiger partial charge in [0, 0.05) is 24.1 Å². The number of hydrogen-bond acceptors (Lipinski definition) is 5. The molecule has 0 radical (unpaired) electrons. The van der Waals surface area contributed by atoms with Crippen LogP contribution in [0.5, 0.6) is 0 Å². The molecule has 2 amide bonds. The van der Waals surface area contributed by atoms with Crippen molar-refractivity contribution in [2.24, 2.45) is 0 Å². The van der Waals surface area contributed by atoms with Crippen molar-refractivity contribution in [2.45, 2.75) is 64.0 Å². The molecule has 2 atom stereocenters. The Balaban J connectivity index is 1.39. The van der Waals surface area contributed by atoms with Gasteiger partial charge in [-0.25, -0.2) is 9.59 Å². The van der Waals surface area contributed by atoms with Gasteiger partial charge in [0.1, 0.15) is 5.60 Å². The van der Waals surface area contributed by atoms with Crippen LogP contribution in [0.3, 0.4) is 0 Å². The molecule has 2 aromatic rings. The van der Waals surface area contributed by atoms with Crippen molar-refractivity contribution in [3.05, 3.63) is 65.2 Å². The Bertz CT molecular complexity index is 977. The second-order valence-corrected chi connectivity index (χ2v) is 9.31. The minimum absolute atomic E-state index is 0.0372. The minimum Gasteiger partial charge on any atom is -0.465 e. The summed E-state index contributed by atoms with van der Waals surface area (Å²) in [6.07, 6.45) is 2.36. The predicted octanol–water partition coefficient (Wildman–Crippen LogP) is 4.82. The van der Waals surface area contributed by atoms with E-state index in [4.69, 9.17) is 9.47 Å². The first-order valence-corrected chi connectivity index (χ1v) is 11.2. The Morgan fingerprint density at radius 2 is 1.67 bits per heavy atom. The first-order valence-electron chi connectivity index (χ1n) is 11.2. The molecule has 0 aliphatic heterocycles. The molecule has 3 rings (SSSR count). The van der Waals surface area contributed by atoms with E-state index in [2.05, 4.69) is 10.6 Å². The van der Waals surface area contributed by atoms with Gasteiger partial charge in [-0.3, -0.25) is 4.79 Å². The number of alkyl carbamates (subject to hydrolysis) is 1. The highest BCUT2D eigenvalue weighted by Gasteiger charge is 2.40. The standard InChI is InChI=1S/C26H32N2O5/c1-26(2,3)33-25(31)28-22-16-21(22)18-12-14-20(15-13-18)27-23(29)7-5-6-17-8-10-19(11-9-17)24(30)32-4/h8-15,21-22H,5-7,16H2,1-4H3,(H,27,29)(H,28,31)/t21?,22-/m0/s1. The van der Waals surface area contributed by atoms with Gasteiger partial charge in [-0.05, 0) is 75.4 Å². The molecular formula is C26H32N2O5. The third kappa shape index (κ3) is 7.63. The molecule has 33 heavy (non-hydrogen) atoms. The molecular weight excluding hydrogens is 420 g/mol. The number of hydrogen-bond donors (Lipinski definition) is 2. The van der Waals surface area contributed by atoms with Crippen LogP contribution in [0.1, 0.15) is 67.4 Å². The number of aryl methyl sites for hydroxylation is 1. The molecule has 7 nitrogen and oxygen atoms in total. The fourth-order valence-corrected chi connectivity index (χ4v) is 3.60. The second kappa shape index (κ2) is 10.5. The van der Waals surface area contributed by atoms with E-state index in [0.717, 1.165) is 29.7 Å². The van der Waals surface area contributed by atoms with Crippen LogP contribution in [0.15, 0.2) is 48.5 Å². The molecule has 7 heteroatoms. The molecule has 1 aliphatic carbocycles. The van der Waals surface area contributed by atoms with Gasteiger partial charge < -0.3 is 20.1 Å². The normalized spacial score (nSPS) is 17.1. The average molecular weight is 453 g/mol. The van der Waals surface area contributed by atoms with Crippen LogP contribution in [-0.4, -0.2) is 36.7 Å². The highest BCUT2D eigenvalue weighted by molar-refractivity contribution is 5.90. The van der Waals surface area contributed by atoms with Gasteiger partial charge in [0.15, 0.2) is 0 Å². The van der Waals surface area contributed by atoms with E-state index in [1.165, 1.54) is 7.11 Å². The van der Waals surface area contributed by atoms with E-state index in [-0.39, 0.29) is 23.8 Å². The van der Waals surface area contributed by atoms with Crippen molar-refractivity contribution >= 4 is 23.7 Å². The monoisotopic (exact) mass is 452 g/mol. The lowest BCUT2D eigenvalue weighted by Crippen LogP contribution is -2.34. The van der Waals surface area contributed by atoms with Crippen LogP contribution >= 0.6 is 0 Å². The van der Waals surface area contributed by atoms with Gasteiger partial charge in [0.2, 0.25) is 5.91 Å². The topological polar surface area (TPSA) is 93.7 Å². The highest BCUT2D eigenvalue weighted by Crippen LogP contribution is 2.41. The largest absolute Gasteiger partial charge is 0.465 e. The number of anilines is 1. The molecule has 0 bridgehead atoms. The fourth-order valence-electron chi connectivity index (χ4n) is 3.60. The van der Waals surface area contributed by atoms with E-state index in [0.29, 0.717) is 18.4 Å². The summed E-state index contributed by atoms with van der Waals surface area (Å²) in [6, 6.07) is 15.1. The van der Waals surface area contributed by atoms with Gasteiger partial charge in [-0.15, -0.1) is 0 Å². The van der Waals surface area contributed by atoms with Crippen molar-refractivity contribution in [1.82, 2.24) is 5.32 Å². The van der Waals surface area contributed by atoms with E-state index in [9.17, 15) is 14.4 Å². The Morgan fingerprint density at radius 1 is 1.00 bits per heavy atom. The SMILES string of the molecule is COC(=O)c1ccc(CCCC(=O)Nc2ccc(C3C[C@@H]3NC(=O)OC(C)(C)C)cc2)cc1. The van der Waals surface area contributed by atoms with Gasteiger partial charge >= 0.3 is 12.1 Å². The molecule has 1 aliphatic rings. The molecule has 0 aromatic heterocycles. The minimum atomic E-state index is -0.510. The van der Waals surface area contributed by atoms with Gasteiger partial charge in [0.25, 0.3) is 0 Å². The molecule has 1 saturated carbocycles. The highest BCUT2D eigenvalue weighted by atomic mass is 16.6. The number of carbonyl (C=O) groups is 3. The van der Waals surface area contributed by atoms with Crippen molar-refractivity contribution in [3.63, 3.8) is 0 Å². The smallest absolute Gasteiger partial charge is 0.407 e. The van der Waals surface area contributed by atoms with Gasteiger partial charge in [-0.1, -0.05) is 24.3 Å². The van der Waals surface area contributed by atoms with Crippen molar-refractivity contribution < 1.29 is 23.9 Å². The van der Waals surface area contributed by atoms with E-state index >= 15 is 0 Å². The number of methoxy groups -OCH3 is 1. The molecule has 2 aromatic carbocycles. The number of amides is 2. The Kier molecular flexibility index (Phi) is 7.74. The molecule has 1 fully saturated rings. The van der Waals surface area contributed by atoms with Crippen molar-refractivity contribution in [3.8, 4) is 0 Å². The number of benzene rings is 2. The van der Waals surface area contributed by atoms with Crippen LogP contribution in [-0.2, 0) is 20.7 Å². The zero-order chi connectivity index (χ0) is 24.0. The maximum Gasteiger partial charge on any atom is 0.407 e. The molecule has 0 saturated heterocycles. The average Bonchev–Trinajstić information content (AvgIpc) is 3.51. The molecule has 0 spiro atoms. The van der Waals surface area contributed by atoms with Crippen LogP contribution in [0.4, 0.5) is 10.5 Å². The molecule has 1 unspecified atom stereocenters. The quantitative estimate of drug-likeness (QED) is 0.561. The van der Waals surface area contributed by atoms with Crippen LogP contribution in [0, 0.1) is 0 Å². The van der Waals surface area contributed by atoms with Gasteiger partial charge in [0.05, 0.1) is 12.7 Å². The zero-order valence-electron chi connectivity index (χ0n) is 19.6. The summed E-state index contributed by atoms with van der Waals surface area (Å²) in [5, 5.41) is 5.83. The molecule has 176 valence electrons. The lowest BCUT2D eigenvalue weighted by molar-refractivity contribution is -0.116. The lowest BCUT2D eigenvalue weighted by Gasteiger charge is -2.19. The van der Waals surface area contributed by atoms with E-state index in [1.54, 1.807) is 12.1 Å². The Labute approximate surface area is 194 Å². The number of nitrogens with one attached hydrogen (secondary N) is 2.